The van der Waals surface area contributed by atoms with Gasteiger partial charge in [0, 0.05) is 18.0 Å². The fourth-order valence-corrected chi connectivity index (χ4v) is 1.82. The predicted molar refractivity (Wildman–Crippen MR) is 61.7 cm³/mol. The Morgan fingerprint density at radius 1 is 1.44 bits per heavy atom. The standard InChI is InChI=1S/C12H17N3O/c1-2-15-12(10-7-13-9-14-8-10)11-5-3-4-6-16-11/h5,7-9,12,15H,2-4,6H2,1H3. The number of aromatic nitrogens is 2. The van der Waals surface area contributed by atoms with Crippen LogP contribution >= 0.6 is 0 Å². The van der Waals surface area contributed by atoms with Gasteiger partial charge in [-0.3, -0.25) is 0 Å². The van der Waals surface area contributed by atoms with E-state index in [9.17, 15) is 0 Å². The van der Waals surface area contributed by atoms with Crippen LogP contribution in [0.3, 0.4) is 0 Å². The van der Waals surface area contributed by atoms with Gasteiger partial charge < -0.3 is 10.1 Å². The molecule has 1 aromatic heterocycles. The third-order valence-corrected chi connectivity index (χ3v) is 2.57. The van der Waals surface area contributed by atoms with Crippen molar-refractivity contribution in [1.82, 2.24) is 15.3 Å². The zero-order valence-corrected chi connectivity index (χ0v) is 9.52. The lowest BCUT2D eigenvalue weighted by Crippen LogP contribution is -2.25. The van der Waals surface area contributed by atoms with E-state index in [1.54, 1.807) is 6.33 Å². The van der Waals surface area contributed by atoms with Gasteiger partial charge in [-0.05, 0) is 25.5 Å². The Bertz CT molecular complexity index is 351. The molecule has 4 heteroatoms. The first-order chi connectivity index (χ1) is 7.92. The van der Waals surface area contributed by atoms with Crippen LogP contribution in [0.1, 0.15) is 31.4 Å². The highest BCUT2D eigenvalue weighted by atomic mass is 16.5. The summed E-state index contributed by atoms with van der Waals surface area (Å²) in [5, 5.41) is 3.40. The van der Waals surface area contributed by atoms with E-state index < -0.39 is 0 Å². The molecule has 2 rings (SSSR count). The minimum absolute atomic E-state index is 0.0894. The lowest BCUT2D eigenvalue weighted by Gasteiger charge is -2.24. The second-order valence-corrected chi connectivity index (χ2v) is 3.76. The molecule has 0 aromatic carbocycles. The monoisotopic (exact) mass is 219 g/mol. The zero-order chi connectivity index (χ0) is 11.2. The van der Waals surface area contributed by atoms with E-state index in [2.05, 4.69) is 28.3 Å². The van der Waals surface area contributed by atoms with E-state index in [4.69, 9.17) is 4.74 Å². The molecule has 1 aliphatic rings. The summed E-state index contributed by atoms with van der Waals surface area (Å²) in [5.74, 6) is 1.00. The highest BCUT2D eigenvalue weighted by Gasteiger charge is 2.19. The van der Waals surface area contributed by atoms with E-state index in [0.29, 0.717) is 0 Å². The molecule has 0 radical (unpaired) electrons. The molecule has 0 aliphatic carbocycles. The summed E-state index contributed by atoms with van der Waals surface area (Å²) in [6, 6.07) is 0.0894. The number of allylic oxidation sites excluding steroid dienone is 1. The molecular formula is C12H17N3O. The third-order valence-electron chi connectivity index (χ3n) is 2.57. The molecule has 0 amide bonds. The number of nitrogens with zero attached hydrogens (tertiary/aromatic N) is 2. The van der Waals surface area contributed by atoms with E-state index in [1.165, 1.54) is 0 Å². The Hall–Kier alpha value is -1.42. The van der Waals surface area contributed by atoms with Crippen LogP contribution < -0.4 is 5.32 Å². The smallest absolute Gasteiger partial charge is 0.115 e. The summed E-state index contributed by atoms with van der Waals surface area (Å²) in [7, 11) is 0. The van der Waals surface area contributed by atoms with Crippen LogP contribution in [0.5, 0.6) is 0 Å². The molecule has 0 bridgehead atoms. The molecule has 16 heavy (non-hydrogen) atoms. The van der Waals surface area contributed by atoms with E-state index in [1.807, 2.05) is 12.4 Å². The molecule has 0 fully saturated rings. The largest absolute Gasteiger partial charge is 0.496 e. The van der Waals surface area contributed by atoms with Gasteiger partial charge in [-0.2, -0.15) is 0 Å². The Balaban J connectivity index is 2.19. The molecule has 2 heterocycles. The fourth-order valence-electron chi connectivity index (χ4n) is 1.82. The van der Waals surface area contributed by atoms with Crippen molar-refractivity contribution in [1.29, 1.82) is 0 Å². The predicted octanol–water partition coefficient (Wildman–Crippen LogP) is 1.82. The summed E-state index contributed by atoms with van der Waals surface area (Å²) in [6.07, 6.45) is 9.56. The summed E-state index contributed by atoms with van der Waals surface area (Å²) in [6.45, 7) is 3.78. The van der Waals surface area contributed by atoms with Crippen molar-refractivity contribution >= 4 is 0 Å². The molecular weight excluding hydrogens is 202 g/mol. The van der Waals surface area contributed by atoms with Crippen LogP contribution in [0, 0.1) is 0 Å². The van der Waals surface area contributed by atoms with Crippen molar-refractivity contribution in [3.8, 4) is 0 Å². The molecule has 1 N–H and O–H groups in total. The number of likely N-dealkylation sites (N-methyl/N-ethyl adjacent to an activating group) is 1. The molecule has 1 aromatic rings. The van der Waals surface area contributed by atoms with E-state index >= 15 is 0 Å². The maximum absolute atomic E-state index is 5.69. The summed E-state index contributed by atoms with van der Waals surface area (Å²) < 4.78 is 5.69. The molecule has 0 saturated heterocycles. The molecule has 4 nitrogen and oxygen atoms in total. The number of nitrogens with one attached hydrogen (secondary N) is 1. The molecule has 0 saturated carbocycles. The highest BCUT2D eigenvalue weighted by molar-refractivity contribution is 5.21. The minimum Gasteiger partial charge on any atom is -0.496 e. The normalized spacial score (nSPS) is 17.4. The van der Waals surface area contributed by atoms with Gasteiger partial charge in [-0.25, -0.2) is 9.97 Å². The Kier molecular flexibility index (Phi) is 3.88. The van der Waals surface area contributed by atoms with E-state index in [-0.39, 0.29) is 6.04 Å². The summed E-state index contributed by atoms with van der Waals surface area (Å²) >= 11 is 0. The Labute approximate surface area is 95.8 Å². The fraction of sp³-hybridized carbons (Fsp3) is 0.500. The van der Waals surface area contributed by atoms with E-state index in [0.717, 1.165) is 37.3 Å². The van der Waals surface area contributed by atoms with Crippen LogP contribution in [-0.4, -0.2) is 23.1 Å². The van der Waals surface area contributed by atoms with Gasteiger partial charge in [0.25, 0.3) is 0 Å². The lowest BCUT2D eigenvalue weighted by atomic mass is 10.1. The zero-order valence-electron chi connectivity index (χ0n) is 9.52. The first-order valence-corrected chi connectivity index (χ1v) is 5.73. The third kappa shape index (κ3) is 2.58. The van der Waals surface area contributed by atoms with Crippen molar-refractivity contribution < 1.29 is 4.74 Å². The maximum Gasteiger partial charge on any atom is 0.115 e. The van der Waals surface area contributed by atoms with Gasteiger partial charge in [0.05, 0.1) is 12.6 Å². The Morgan fingerprint density at radius 3 is 2.88 bits per heavy atom. The number of hydrogen-bond acceptors (Lipinski definition) is 4. The van der Waals surface area contributed by atoms with Gasteiger partial charge in [0.1, 0.15) is 12.1 Å². The molecule has 1 unspecified atom stereocenters. The van der Waals surface area contributed by atoms with Crippen LogP contribution in [0.15, 0.2) is 30.6 Å². The number of ether oxygens (including phenoxy) is 1. The summed E-state index contributed by atoms with van der Waals surface area (Å²) in [4.78, 5) is 8.10. The van der Waals surface area contributed by atoms with Gasteiger partial charge in [0.15, 0.2) is 0 Å². The number of hydrogen-bond donors (Lipinski definition) is 1. The first kappa shape index (κ1) is 11.1. The van der Waals surface area contributed by atoms with Crippen LogP contribution in [0.2, 0.25) is 0 Å². The molecule has 0 spiro atoms. The van der Waals surface area contributed by atoms with Gasteiger partial charge in [-0.15, -0.1) is 0 Å². The maximum atomic E-state index is 5.69. The van der Waals surface area contributed by atoms with Gasteiger partial charge >= 0.3 is 0 Å². The quantitative estimate of drug-likeness (QED) is 0.839. The Morgan fingerprint density at radius 2 is 2.25 bits per heavy atom. The van der Waals surface area contributed by atoms with Gasteiger partial charge in [-0.1, -0.05) is 6.92 Å². The second-order valence-electron chi connectivity index (χ2n) is 3.76. The average molecular weight is 219 g/mol. The van der Waals surface area contributed by atoms with Crippen LogP contribution in [0.25, 0.3) is 0 Å². The van der Waals surface area contributed by atoms with Crippen LogP contribution in [0.4, 0.5) is 0 Å². The minimum atomic E-state index is 0.0894. The molecule has 1 aliphatic heterocycles. The first-order valence-electron chi connectivity index (χ1n) is 5.73. The second kappa shape index (κ2) is 5.61. The lowest BCUT2D eigenvalue weighted by molar-refractivity contribution is 0.168. The number of rotatable bonds is 4. The SMILES string of the molecule is CCNC(C1=CCCCO1)c1cncnc1. The van der Waals surface area contributed by atoms with Crippen LogP contribution in [-0.2, 0) is 4.74 Å². The van der Waals surface area contributed by atoms with Crippen molar-refractivity contribution in [3.05, 3.63) is 36.1 Å². The highest BCUT2D eigenvalue weighted by Crippen LogP contribution is 2.24. The molecule has 86 valence electrons. The van der Waals surface area contributed by atoms with Crippen molar-refractivity contribution in [2.45, 2.75) is 25.8 Å². The molecule has 1 atom stereocenters. The van der Waals surface area contributed by atoms with Crippen molar-refractivity contribution in [3.63, 3.8) is 0 Å². The van der Waals surface area contributed by atoms with Crippen molar-refractivity contribution in [2.24, 2.45) is 0 Å². The van der Waals surface area contributed by atoms with Gasteiger partial charge in [0.2, 0.25) is 0 Å². The average Bonchev–Trinajstić information content (AvgIpc) is 2.38. The topological polar surface area (TPSA) is 47.0 Å². The summed E-state index contributed by atoms with van der Waals surface area (Å²) in [5.41, 5.74) is 1.05. The van der Waals surface area contributed by atoms with Crippen molar-refractivity contribution in [2.75, 3.05) is 13.2 Å².